The zero-order chi connectivity index (χ0) is 14.5. The summed E-state index contributed by atoms with van der Waals surface area (Å²) in [5.41, 5.74) is 0.808. The molecule has 0 radical (unpaired) electrons. The Morgan fingerprint density at radius 3 is 2.80 bits per heavy atom. The van der Waals surface area contributed by atoms with Crippen LogP contribution in [0.2, 0.25) is 5.02 Å². The van der Waals surface area contributed by atoms with Crippen LogP contribution in [0.15, 0.2) is 12.1 Å². The third kappa shape index (κ3) is 3.80. The van der Waals surface area contributed by atoms with E-state index in [1.54, 1.807) is 6.07 Å². The molecule has 2 unspecified atom stereocenters. The number of fused-ring (bicyclic) bond motifs is 1. The molecule has 0 aromatic heterocycles. The van der Waals surface area contributed by atoms with Crippen LogP contribution in [0.1, 0.15) is 51.2 Å². The van der Waals surface area contributed by atoms with Gasteiger partial charge in [0.1, 0.15) is 0 Å². The maximum Gasteiger partial charge on any atom is 0.179 e. The van der Waals surface area contributed by atoms with Crippen molar-refractivity contribution in [2.45, 2.75) is 45.6 Å². The molecule has 0 aliphatic carbocycles. The SMILES string of the molecule is CCCC(C)CC(O)c1cc(Cl)c2c(c1)OCCCO2. The Morgan fingerprint density at radius 2 is 2.05 bits per heavy atom. The average molecular weight is 299 g/mol. The molecule has 0 saturated heterocycles. The van der Waals surface area contributed by atoms with E-state index in [4.69, 9.17) is 21.1 Å². The van der Waals surface area contributed by atoms with Crippen LogP contribution in [0.25, 0.3) is 0 Å². The lowest BCUT2D eigenvalue weighted by Gasteiger charge is -2.18. The molecule has 1 heterocycles. The maximum absolute atomic E-state index is 10.4. The summed E-state index contributed by atoms with van der Waals surface area (Å²) in [7, 11) is 0. The van der Waals surface area contributed by atoms with Crippen molar-refractivity contribution in [3.8, 4) is 11.5 Å². The van der Waals surface area contributed by atoms with Crippen LogP contribution < -0.4 is 9.47 Å². The molecule has 0 amide bonds. The fraction of sp³-hybridized carbons (Fsp3) is 0.625. The normalized spacial score (nSPS) is 17.4. The van der Waals surface area contributed by atoms with E-state index in [0.29, 0.717) is 35.7 Å². The van der Waals surface area contributed by atoms with Gasteiger partial charge in [0.15, 0.2) is 11.5 Å². The lowest BCUT2D eigenvalue weighted by Crippen LogP contribution is -2.05. The molecule has 1 aromatic carbocycles. The molecule has 4 heteroatoms. The summed E-state index contributed by atoms with van der Waals surface area (Å²) in [6, 6.07) is 3.65. The minimum atomic E-state index is -0.508. The number of hydrogen-bond donors (Lipinski definition) is 1. The van der Waals surface area contributed by atoms with E-state index in [-0.39, 0.29) is 0 Å². The van der Waals surface area contributed by atoms with E-state index in [1.807, 2.05) is 6.07 Å². The fourth-order valence-corrected chi connectivity index (χ4v) is 2.84. The number of aliphatic hydroxyl groups excluding tert-OH is 1. The van der Waals surface area contributed by atoms with Gasteiger partial charge < -0.3 is 14.6 Å². The molecule has 0 saturated carbocycles. The summed E-state index contributed by atoms with van der Waals surface area (Å²) in [4.78, 5) is 0. The van der Waals surface area contributed by atoms with E-state index in [1.165, 1.54) is 0 Å². The number of hydrogen-bond acceptors (Lipinski definition) is 3. The molecule has 1 N–H and O–H groups in total. The van der Waals surface area contributed by atoms with Gasteiger partial charge in [-0.15, -0.1) is 0 Å². The molecule has 3 nitrogen and oxygen atoms in total. The molecule has 112 valence electrons. The van der Waals surface area contributed by atoms with Crippen molar-refractivity contribution in [2.24, 2.45) is 5.92 Å². The highest BCUT2D eigenvalue weighted by Gasteiger charge is 2.19. The van der Waals surface area contributed by atoms with Gasteiger partial charge >= 0.3 is 0 Å². The topological polar surface area (TPSA) is 38.7 Å². The van der Waals surface area contributed by atoms with Crippen molar-refractivity contribution >= 4 is 11.6 Å². The zero-order valence-electron chi connectivity index (χ0n) is 12.2. The first-order chi connectivity index (χ1) is 9.61. The summed E-state index contributed by atoms with van der Waals surface area (Å²) in [5, 5.41) is 10.9. The highest BCUT2D eigenvalue weighted by atomic mass is 35.5. The highest BCUT2D eigenvalue weighted by Crippen LogP contribution is 2.40. The quantitative estimate of drug-likeness (QED) is 0.877. The molecular formula is C16H23ClO3. The molecule has 2 rings (SSSR count). The predicted octanol–water partition coefficient (Wildman–Crippen LogP) is 4.36. The van der Waals surface area contributed by atoms with Gasteiger partial charge in [-0.1, -0.05) is 38.3 Å². The van der Waals surface area contributed by atoms with Crippen molar-refractivity contribution in [1.29, 1.82) is 0 Å². The molecule has 0 spiro atoms. The number of aliphatic hydroxyl groups is 1. The smallest absolute Gasteiger partial charge is 0.179 e. The second kappa shape index (κ2) is 7.19. The first-order valence-electron chi connectivity index (χ1n) is 7.39. The van der Waals surface area contributed by atoms with Gasteiger partial charge in [-0.05, 0) is 30.0 Å². The zero-order valence-corrected chi connectivity index (χ0v) is 12.9. The Labute approximate surface area is 125 Å². The molecule has 1 aromatic rings. The van der Waals surface area contributed by atoms with Crippen molar-refractivity contribution in [3.63, 3.8) is 0 Å². The van der Waals surface area contributed by atoms with Crippen LogP contribution in [0.5, 0.6) is 11.5 Å². The Balaban J connectivity index is 2.16. The van der Waals surface area contributed by atoms with Gasteiger partial charge in [-0.2, -0.15) is 0 Å². The third-order valence-electron chi connectivity index (χ3n) is 3.62. The number of ether oxygens (including phenoxy) is 2. The lowest BCUT2D eigenvalue weighted by molar-refractivity contribution is 0.144. The van der Waals surface area contributed by atoms with Gasteiger partial charge in [0.25, 0.3) is 0 Å². The van der Waals surface area contributed by atoms with E-state index in [9.17, 15) is 5.11 Å². The maximum atomic E-state index is 10.4. The van der Waals surface area contributed by atoms with Crippen molar-refractivity contribution in [2.75, 3.05) is 13.2 Å². The Kier molecular flexibility index (Phi) is 5.55. The minimum Gasteiger partial charge on any atom is -0.489 e. The highest BCUT2D eigenvalue weighted by molar-refractivity contribution is 6.32. The monoisotopic (exact) mass is 298 g/mol. The van der Waals surface area contributed by atoms with Gasteiger partial charge in [0, 0.05) is 6.42 Å². The van der Waals surface area contributed by atoms with Crippen LogP contribution in [-0.2, 0) is 0 Å². The number of rotatable bonds is 5. The largest absolute Gasteiger partial charge is 0.489 e. The summed E-state index contributed by atoms with van der Waals surface area (Å²) in [6.45, 7) is 5.56. The third-order valence-corrected chi connectivity index (χ3v) is 3.90. The fourth-order valence-electron chi connectivity index (χ4n) is 2.57. The predicted molar refractivity (Wildman–Crippen MR) is 80.7 cm³/mol. The summed E-state index contributed by atoms with van der Waals surface area (Å²) in [6.07, 6.45) is 3.33. The van der Waals surface area contributed by atoms with E-state index >= 15 is 0 Å². The van der Waals surface area contributed by atoms with Crippen LogP contribution in [-0.4, -0.2) is 18.3 Å². The van der Waals surface area contributed by atoms with Crippen LogP contribution in [0, 0.1) is 5.92 Å². The van der Waals surface area contributed by atoms with Crippen molar-refractivity contribution in [3.05, 3.63) is 22.7 Å². The first-order valence-corrected chi connectivity index (χ1v) is 7.76. The molecule has 0 fully saturated rings. The standard InChI is InChI=1S/C16H23ClO3/c1-3-5-11(2)8-14(18)12-9-13(17)16-15(10-12)19-6-4-7-20-16/h9-11,14,18H,3-8H2,1-2H3. The lowest BCUT2D eigenvalue weighted by atomic mass is 9.95. The van der Waals surface area contributed by atoms with E-state index in [2.05, 4.69) is 13.8 Å². The molecule has 2 atom stereocenters. The molecular weight excluding hydrogens is 276 g/mol. The first kappa shape index (κ1) is 15.5. The Hall–Kier alpha value is -0.930. The van der Waals surface area contributed by atoms with Crippen LogP contribution >= 0.6 is 11.6 Å². The molecule has 0 bridgehead atoms. The second-order valence-corrected chi connectivity index (χ2v) is 5.93. The van der Waals surface area contributed by atoms with E-state index in [0.717, 1.165) is 31.2 Å². The van der Waals surface area contributed by atoms with E-state index < -0.39 is 6.10 Å². The molecule has 20 heavy (non-hydrogen) atoms. The number of benzene rings is 1. The Bertz CT molecular complexity index is 448. The number of halogens is 1. The van der Waals surface area contributed by atoms with Gasteiger partial charge in [-0.25, -0.2) is 0 Å². The van der Waals surface area contributed by atoms with Gasteiger partial charge in [-0.3, -0.25) is 0 Å². The van der Waals surface area contributed by atoms with Gasteiger partial charge in [0.05, 0.1) is 24.3 Å². The molecule has 1 aliphatic rings. The average Bonchev–Trinajstić information content (AvgIpc) is 2.64. The van der Waals surface area contributed by atoms with Crippen LogP contribution in [0.4, 0.5) is 0 Å². The second-order valence-electron chi connectivity index (χ2n) is 5.53. The van der Waals surface area contributed by atoms with Gasteiger partial charge in [0.2, 0.25) is 0 Å². The Morgan fingerprint density at radius 1 is 1.30 bits per heavy atom. The summed E-state index contributed by atoms with van der Waals surface area (Å²) in [5.74, 6) is 1.73. The van der Waals surface area contributed by atoms with Crippen molar-refractivity contribution < 1.29 is 14.6 Å². The minimum absolute atomic E-state index is 0.491. The summed E-state index contributed by atoms with van der Waals surface area (Å²) < 4.78 is 11.2. The molecule has 1 aliphatic heterocycles. The van der Waals surface area contributed by atoms with Crippen molar-refractivity contribution in [1.82, 2.24) is 0 Å². The van der Waals surface area contributed by atoms with Crippen LogP contribution in [0.3, 0.4) is 0 Å². The summed E-state index contributed by atoms with van der Waals surface area (Å²) >= 11 is 6.25.